The monoisotopic (exact) mass is 307 g/mol. The van der Waals surface area contributed by atoms with E-state index in [4.69, 9.17) is 0 Å². The molecule has 0 fully saturated rings. The lowest BCUT2D eigenvalue weighted by atomic mass is 10.1. The standard InChI is InChI=1S/C13H13N3O4S/c1-2-8-6-14-11(21-8)7-15-13(18)9-4-3-5-10(12(9)17)16(19)20/h3-6,17H,2,7H2,1H3,(H,15,18). The molecule has 21 heavy (non-hydrogen) atoms. The molecule has 0 unspecified atom stereocenters. The second kappa shape index (κ2) is 6.31. The van der Waals surface area contributed by atoms with Crippen molar-refractivity contribution in [1.82, 2.24) is 10.3 Å². The Morgan fingerprint density at radius 3 is 2.90 bits per heavy atom. The highest BCUT2D eigenvalue weighted by atomic mass is 32.1. The number of nitro benzene ring substituents is 1. The van der Waals surface area contributed by atoms with Crippen molar-refractivity contribution < 1.29 is 14.8 Å². The van der Waals surface area contributed by atoms with Crippen LogP contribution in [0.2, 0.25) is 0 Å². The van der Waals surface area contributed by atoms with Crippen molar-refractivity contribution in [3.63, 3.8) is 0 Å². The number of nitrogens with zero attached hydrogens (tertiary/aromatic N) is 2. The molecule has 0 aliphatic carbocycles. The average Bonchev–Trinajstić information content (AvgIpc) is 2.92. The highest BCUT2D eigenvalue weighted by molar-refractivity contribution is 7.11. The number of aromatic nitrogens is 1. The maximum Gasteiger partial charge on any atom is 0.311 e. The van der Waals surface area contributed by atoms with Gasteiger partial charge in [0.1, 0.15) is 5.01 Å². The molecule has 0 aliphatic rings. The highest BCUT2D eigenvalue weighted by Crippen LogP contribution is 2.29. The quantitative estimate of drug-likeness (QED) is 0.651. The molecule has 8 heteroatoms. The molecule has 0 bridgehead atoms. The number of hydrogen-bond donors (Lipinski definition) is 2. The minimum absolute atomic E-state index is 0.128. The van der Waals surface area contributed by atoms with Crippen LogP contribution in [0.5, 0.6) is 5.75 Å². The largest absolute Gasteiger partial charge is 0.502 e. The fraction of sp³-hybridized carbons (Fsp3) is 0.231. The number of benzene rings is 1. The molecule has 1 amide bonds. The summed E-state index contributed by atoms with van der Waals surface area (Å²) in [6.45, 7) is 2.22. The minimum Gasteiger partial charge on any atom is -0.502 e. The minimum atomic E-state index is -0.736. The Bertz CT molecular complexity index is 684. The van der Waals surface area contributed by atoms with Crippen molar-refractivity contribution in [2.45, 2.75) is 19.9 Å². The Hall–Kier alpha value is -2.48. The number of phenolic OH excluding ortho intramolecular Hbond substituents is 1. The van der Waals surface area contributed by atoms with E-state index in [2.05, 4.69) is 10.3 Å². The van der Waals surface area contributed by atoms with Crippen LogP contribution in [0, 0.1) is 10.1 Å². The Kier molecular flexibility index (Phi) is 4.49. The summed E-state index contributed by atoms with van der Waals surface area (Å²) in [5, 5.41) is 23.8. The first kappa shape index (κ1) is 14.9. The summed E-state index contributed by atoms with van der Waals surface area (Å²) in [6.07, 6.45) is 2.62. The van der Waals surface area contributed by atoms with Gasteiger partial charge in [-0.1, -0.05) is 13.0 Å². The summed E-state index contributed by atoms with van der Waals surface area (Å²) in [6, 6.07) is 3.82. The number of aryl methyl sites for hydroxylation is 1. The number of nitro groups is 1. The molecule has 0 saturated carbocycles. The van der Waals surface area contributed by atoms with Crippen LogP contribution in [-0.4, -0.2) is 20.9 Å². The van der Waals surface area contributed by atoms with Crippen LogP contribution in [-0.2, 0) is 13.0 Å². The predicted octanol–water partition coefficient (Wildman–Crippen LogP) is 2.25. The van der Waals surface area contributed by atoms with Crippen LogP contribution in [0.15, 0.2) is 24.4 Å². The lowest BCUT2D eigenvalue weighted by molar-refractivity contribution is -0.385. The number of amides is 1. The number of thiazole rings is 1. The lowest BCUT2D eigenvalue weighted by Crippen LogP contribution is -2.22. The van der Waals surface area contributed by atoms with Gasteiger partial charge in [0.25, 0.3) is 5.91 Å². The van der Waals surface area contributed by atoms with Crippen molar-refractivity contribution in [2.75, 3.05) is 0 Å². The van der Waals surface area contributed by atoms with Gasteiger partial charge in [-0.2, -0.15) is 0 Å². The zero-order chi connectivity index (χ0) is 15.4. The number of hydrogen-bond acceptors (Lipinski definition) is 6. The molecular formula is C13H13N3O4S. The number of carbonyl (C=O) groups excluding carboxylic acids is 1. The Labute approximate surface area is 124 Å². The summed E-state index contributed by atoms with van der Waals surface area (Å²) in [5.41, 5.74) is -0.623. The van der Waals surface area contributed by atoms with Crippen molar-refractivity contribution in [3.05, 3.63) is 50.0 Å². The first-order valence-corrected chi connectivity index (χ1v) is 7.02. The molecule has 2 rings (SSSR count). The third-order valence-corrected chi connectivity index (χ3v) is 3.95. The van der Waals surface area contributed by atoms with E-state index >= 15 is 0 Å². The third-order valence-electron chi connectivity index (χ3n) is 2.81. The van der Waals surface area contributed by atoms with Gasteiger partial charge in [0, 0.05) is 17.1 Å². The van der Waals surface area contributed by atoms with Gasteiger partial charge in [-0.3, -0.25) is 14.9 Å². The molecule has 7 nitrogen and oxygen atoms in total. The number of rotatable bonds is 5. The van der Waals surface area contributed by atoms with Crippen LogP contribution in [0.3, 0.4) is 0 Å². The molecule has 0 aliphatic heterocycles. The van der Waals surface area contributed by atoms with E-state index < -0.39 is 22.3 Å². The second-order valence-electron chi connectivity index (χ2n) is 4.19. The van der Waals surface area contributed by atoms with E-state index in [1.807, 2.05) is 6.92 Å². The van der Waals surface area contributed by atoms with Gasteiger partial charge in [0.15, 0.2) is 0 Å². The van der Waals surface area contributed by atoms with E-state index in [9.17, 15) is 20.0 Å². The predicted molar refractivity (Wildman–Crippen MR) is 77.4 cm³/mol. The maximum atomic E-state index is 12.0. The van der Waals surface area contributed by atoms with Crippen molar-refractivity contribution in [2.24, 2.45) is 0 Å². The number of para-hydroxylation sites is 1. The molecule has 0 saturated heterocycles. The fourth-order valence-corrected chi connectivity index (χ4v) is 2.51. The highest BCUT2D eigenvalue weighted by Gasteiger charge is 2.20. The smallest absolute Gasteiger partial charge is 0.311 e. The van der Waals surface area contributed by atoms with E-state index in [0.29, 0.717) is 0 Å². The van der Waals surface area contributed by atoms with Crippen LogP contribution >= 0.6 is 11.3 Å². The van der Waals surface area contributed by atoms with E-state index in [1.54, 1.807) is 6.20 Å². The zero-order valence-corrected chi connectivity index (χ0v) is 12.0. The summed E-state index contributed by atoms with van der Waals surface area (Å²) >= 11 is 1.49. The number of nitrogens with one attached hydrogen (secondary N) is 1. The first-order chi connectivity index (χ1) is 10.0. The number of aromatic hydroxyl groups is 1. The van der Waals surface area contributed by atoms with Gasteiger partial charge in [0.05, 0.1) is 17.0 Å². The third kappa shape index (κ3) is 3.34. The Balaban J connectivity index is 2.10. The molecule has 1 aromatic heterocycles. The first-order valence-electron chi connectivity index (χ1n) is 6.21. The topological polar surface area (TPSA) is 105 Å². The summed E-state index contributed by atoms with van der Waals surface area (Å²) in [4.78, 5) is 27.2. The van der Waals surface area contributed by atoms with Gasteiger partial charge in [0.2, 0.25) is 5.75 Å². The van der Waals surface area contributed by atoms with E-state index in [0.717, 1.165) is 22.4 Å². The SMILES string of the molecule is CCc1cnc(CNC(=O)c2cccc([N+](=O)[O-])c2O)s1. The average molecular weight is 307 g/mol. The molecular weight excluding hydrogens is 294 g/mol. The number of phenols is 1. The van der Waals surface area contributed by atoms with E-state index in [-0.39, 0.29) is 12.1 Å². The molecule has 2 N–H and O–H groups in total. The van der Waals surface area contributed by atoms with Gasteiger partial charge in [-0.25, -0.2) is 4.98 Å². The van der Waals surface area contributed by atoms with Gasteiger partial charge in [-0.05, 0) is 12.5 Å². The maximum absolute atomic E-state index is 12.0. The van der Waals surface area contributed by atoms with Crippen LogP contribution in [0.1, 0.15) is 27.2 Å². The fourth-order valence-electron chi connectivity index (χ4n) is 1.71. The normalized spacial score (nSPS) is 10.3. The van der Waals surface area contributed by atoms with Crippen molar-refractivity contribution in [3.8, 4) is 5.75 Å². The van der Waals surface area contributed by atoms with Gasteiger partial charge in [-0.15, -0.1) is 11.3 Å². The summed E-state index contributed by atoms with van der Waals surface area (Å²) in [7, 11) is 0. The van der Waals surface area contributed by atoms with Crippen LogP contribution in [0.4, 0.5) is 5.69 Å². The van der Waals surface area contributed by atoms with Crippen LogP contribution in [0.25, 0.3) is 0 Å². The molecule has 0 atom stereocenters. The molecule has 1 heterocycles. The molecule has 1 aromatic carbocycles. The van der Waals surface area contributed by atoms with E-state index in [1.165, 1.54) is 23.5 Å². The summed E-state index contributed by atoms with van der Waals surface area (Å²) in [5.74, 6) is -1.21. The van der Waals surface area contributed by atoms with Crippen molar-refractivity contribution >= 4 is 22.9 Å². The molecule has 110 valence electrons. The van der Waals surface area contributed by atoms with Gasteiger partial charge >= 0.3 is 5.69 Å². The van der Waals surface area contributed by atoms with Crippen LogP contribution < -0.4 is 5.32 Å². The second-order valence-corrected chi connectivity index (χ2v) is 5.39. The molecule has 2 aromatic rings. The van der Waals surface area contributed by atoms with Crippen molar-refractivity contribution in [1.29, 1.82) is 0 Å². The summed E-state index contributed by atoms with van der Waals surface area (Å²) < 4.78 is 0. The number of carbonyl (C=O) groups is 1. The Morgan fingerprint density at radius 1 is 1.52 bits per heavy atom. The lowest BCUT2D eigenvalue weighted by Gasteiger charge is -2.05. The molecule has 0 spiro atoms. The van der Waals surface area contributed by atoms with Gasteiger partial charge < -0.3 is 10.4 Å². The Morgan fingerprint density at radius 2 is 2.29 bits per heavy atom. The zero-order valence-electron chi connectivity index (χ0n) is 11.2. The molecule has 0 radical (unpaired) electrons.